The average Bonchev–Trinajstić information content (AvgIpc) is 3.03. The summed E-state index contributed by atoms with van der Waals surface area (Å²) in [6.07, 6.45) is 7.49. The summed E-state index contributed by atoms with van der Waals surface area (Å²) in [7, 11) is 0. The van der Waals surface area contributed by atoms with E-state index in [1.807, 2.05) is 30.5 Å². The third-order valence-corrected chi connectivity index (χ3v) is 4.45. The fourth-order valence-electron chi connectivity index (χ4n) is 3.33. The number of rotatable bonds is 4. The van der Waals surface area contributed by atoms with Gasteiger partial charge in [0.25, 0.3) is 0 Å². The molecule has 5 heteroatoms. The zero-order chi connectivity index (χ0) is 15.4. The third-order valence-electron chi connectivity index (χ3n) is 4.45. The highest BCUT2D eigenvalue weighted by Gasteiger charge is 2.25. The summed E-state index contributed by atoms with van der Waals surface area (Å²) in [5.74, 6) is 0. The molecule has 2 amide bonds. The van der Waals surface area contributed by atoms with E-state index in [9.17, 15) is 9.90 Å². The van der Waals surface area contributed by atoms with E-state index in [2.05, 4.69) is 10.3 Å². The summed E-state index contributed by atoms with van der Waals surface area (Å²) in [5, 5.41) is 13.3. The maximum Gasteiger partial charge on any atom is 0.322 e. The Bertz CT molecular complexity index is 632. The van der Waals surface area contributed by atoms with Gasteiger partial charge in [-0.05, 0) is 31.0 Å². The minimum absolute atomic E-state index is 0.00171. The van der Waals surface area contributed by atoms with Gasteiger partial charge in [0.15, 0.2) is 0 Å². The number of aliphatic hydroxyl groups is 1. The Morgan fingerprint density at radius 2 is 2.09 bits per heavy atom. The Kier molecular flexibility index (Phi) is 4.63. The first kappa shape index (κ1) is 14.9. The van der Waals surface area contributed by atoms with Gasteiger partial charge in [0.2, 0.25) is 0 Å². The number of carbonyl (C=O) groups excluding carboxylic acids is 1. The van der Waals surface area contributed by atoms with Gasteiger partial charge in [-0.1, -0.05) is 25.3 Å². The van der Waals surface area contributed by atoms with Crippen molar-refractivity contribution in [1.29, 1.82) is 0 Å². The smallest absolute Gasteiger partial charge is 0.322 e. The molecule has 1 saturated carbocycles. The van der Waals surface area contributed by atoms with Crippen molar-refractivity contribution in [3.05, 3.63) is 30.5 Å². The van der Waals surface area contributed by atoms with E-state index in [0.717, 1.165) is 42.3 Å². The fraction of sp³-hybridized carbons (Fsp3) is 0.471. The van der Waals surface area contributed by atoms with Crippen molar-refractivity contribution in [1.82, 2.24) is 9.88 Å². The molecule has 0 spiro atoms. The van der Waals surface area contributed by atoms with Crippen LogP contribution in [0.2, 0.25) is 0 Å². The number of hydrogen-bond acceptors (Lipinski definition) is 2. The minimum atomic E-state index is -0.116. The van der Waals surface area contributed by atoms with Crippen molar-refractivity contribution in [2.45, 2.75) is 38.1 Å². The molecule has 0 atom stereocenters. The van der Waals surface area contributed by atoms with E-state index in [0.29, 0.717) is 6.54 Å². The van der Waals surface area contributed by atoms with Crippen molar-refractivity contribution in [3.63, 3.8) is 0 Å². The Morgan fingerprint density at radius 1 is 1.27 bits per heavy atom. The molecule has 1 aromatic carbocycles. The highest BCUT2D eigenvalue weighted by molar-refractivity contribution is 6.00. The maximum atomic E-state index is 12.7. The monoisotopic (exact) mass is 301 g/mol. The Hall–Kier alpha value is -2.01. The van der Waals surface area contributed by atoms with Crippen molar-refractivity contribution in [2.75, 3.05) is 18.5 Å². The van der Waals surface area contributed by atoms with Crippen LogP contribution in [0.15, 0.2) is 30.5 Å². The van der Waals surface area contributed by atoms with E-state index in [4.69, 9.17) is 0 Å². The number of nitrogens with zero attached hydrogens (tertiary/aromatic N) is 1. The molecule has 22 heavy (non-hydrogen) atoms. The van der Waals surface area contributed by atoms with E-state index < -0.39 is 0 Å². The lowest BCUT2D eigenvalue weighted by atomic mass is 9.94. The molecule has 3 rings (SSSR count). The highest BCUT2D eigenvalue weighted by Crippen LogP contribution is 2.25. The standard InChI is InChI=1S/C17H23N3O2/c21-12-11-20(13-5-2-1-3-6-13)17(22)19-16-8-4-7-15-14(16)9-10-18-15/h4,7-10,13,18,21H,1-3,5-6,11-12H2,(H,19,22). The van der Waals surface area contributed by atoms with Crippen molar-refractivity contribution >= 4 is 22.6 Å². The number of aromatic nitrogens is 1. The van der Waals surface area contributed by atoms with Gasteiger partial charge in [-0.25, -0.2) is 4.79 Å². The highest BCUT2D eigenvalue weighted by atomic mass is 16.3. The summed E-state index contributed by atoms with van der Waals surface area (Å²) >= 11 is 0. The van der Waals surface area contributed by atoms with Crippen LogP contribution in [0.3, 0.4) is 0 Å². The molecule has 1 aliphatic rings. The molecule has 0 radical (unpaired) electrons. The Labute approximate surface area is 130 Å². The number of urea groups is 1. The number of fused-ring (bicyclic) bond motifs is 1. The zero-order valence-electron chi connectivity index (χ0n) is 12.7. The van der Waals surface area contributed by atoms with Gasteiger partial charge in [-0.15, -0.1) is 0 Å². The molecular weight excluding hydrogens is 278 g/mol. The number of nitrogens with one attached hydrogen (secondary N) is 2. The zero-order valence-corrected chi connectivity index (χ0v) is 12.7. The fourth-order valence-corrected chi connectivity index (χ4v) is 3.33. The van der Waals surface area contributed by atoms with Gasteiger partial charge >= 0.3 is 6.03 Å². The Morgan fingerprint density at radius 3 is 2.86 bits per heavy atom. The Balaban J connectivity index is 1.77. The van der Waals surface area contributed by atoms with Crippen LogP contribution >= 0.6 is 0 Å². The first-order valence-corrected chi connectivity index (χ1v) is 8.04. The van der Waals surface area contributed by atoms with Crippen molar-refractivity contribution < 1.29 is 9.90 Å². The molecule has 3 N–H and O–H groups in total. The molecule has 0 bridgehead atoms. The van der Waals surface area contributed by atoms with Crippen molar-refractivity contribution in [2.24, 2.45) is 0 Å². The third kappa shape index (κ3) is 3.09. The topological polar surface area (TPSA) is 68.4 Å². The first-order valence-electron chi connectivity index (χ1n) is 8.04. The predicted molar refractivity (Wildman–Crippen MR) is 88.0 cm³/mol. The molecule has 0 saturated heterocycles. The van der Waals surface area contributed by atoms with Gasteiger partial charge in [0.05, 0.1) is 12.3 Å². The largest absolute Gasteiger partial charge is 0.395 e. The minimum Gasteiger partial charge on any atom is -0.395 e. The number of anilines is 1. The lowest BCUT2D eigenvalue weighted by Gasteiger charge is -2.34. The van der Waals surface area contributed by atoms with Crippen LogP contribution in [0.5, 0.6) is 0 Å². The molecule has 1 fully saturated rings. The molecule has 5 nitrogen and oxygen atoms in total. The maximum absolute atomic E-state index is 12.7. The summed E-state index contributed by atoms with van der Waals surface area (Å²) in [6.45, 7) is 0.387. The molecule has 1 heterocycles. The van der Waals surface area contributed by atoms with Crippen LogP contribution in [0.25, 0.3) is 10.9 Å². The normalized spacial score (nSPS) is 15.9. The lowest BCUT2D eigenvalue weighted by Crippen LogP contribution is -2.45. The molecular formula is C17H23N3O2. The number of H-pyrrole nitrogens is 1. The summed E-state index contributed by atoms with van der Waals surface area (Å²) in [6, 6.07) is 7.90. The van der Waals surface area contributed by atoms with E-state index >= 15 is 0 Å². The van der Waals surface area contributed by atoms with Crippen LogP contribution in [-0.2, 0) is 0 Å². The summed E-state index contributed by atoms with van der Waals surface area (Å²) < 4.78 is 0. The van der Waals surface area contributed by atoms with Gasteiger partial charge in [-0.2, -0.15) is 0 Å². The van der Waals surface area contributed by atoms with Gasteiger partial charge < -0.3 is 20.3 Å². The molecule has 1 aliphatic carbocycles. The van der Waals surface area contributed by atoms with Crippen LogP contribution in [-0.4, -0.2) is 40.2 Å². The lowest BCUT2D eigenvalue weighted by molar-refractivity contribution is 0.144. The summed E-state index contributed by atoms with van der Waals surface area (Å²) in [4.78, 5) is 17.6. The van der Waals surface area contributed by atoms with E-state index in [1.54, 1.807) is 4.90 Å². The quantitative estimate of drug-likeness (QED) is 0.811. The van der Waals surface area contributed by atoms with Gasteiger partial charge in [-0.3, -0.25) is 0 Å². The van der Waals surface area contributed by atoms with Crippen molar-refractivity contribution in [3.8, 4) is 0 Å². The molecule has 0 aliphatic heterocycles. The van der Waals surface area contributed by atoms with Crippen LogP contribution in [0, 0.1) is 0 Å². The molecule has 0 unspecified atom stereocenters. The second-order valence-electron chi connectivity index (χ2n) is 5.88. The first-order chi connectivity index (χ1) is 10.8. The number of aliphatic hydroxyl groups excluding tert-OH is 1. The number of amides is 2. The van der Waals surface area contributed by atoms with Crippen LogP contribution in [0.1, 0.15) is 32.1 Å². The number of hydrogen-bond donors (Lipinski definition) is 3. The molecule has 118 valence electrons. The van der Waals surface area contributed by atoms with Gasteiger partial charge in [0, 0.05) is 29.7 Å². The predicted octanol–water partition coefficient (Wildman–Crippen LogP) is 3.33. The SMILES string of the molecule is O=C(Nc1cccc2[nH]ccc12)N(CCO)C1CCCCC1. The summed E-state index contributed by atoms with van der Waals surface area (Å²) in [5.41, 5.74) is 1.81. The molecule has 1 aromatic heterocycles. The second kappa shape index (κ2) is 6.83. The van der Waals surface area contributed by atoms with Crippen LogP contribution in [0.4, 0.5) is 10.5 Å². The average molecular weight is 301 g/mol. The number of benzene rings is 1. The number of aromatic amines is 1. The van der Waals surface area contributed by atoms with E-state index in [-0.39, 0.29) is 18.7 Å². The number of carbonyl (C=O) groups is 1. The van der Waals surface area contributed by atoms with E-state index in [1.165, 1.54) is 6.42 Å². The van der Waals surface area contributed by atoms with Crippen LogP contribution < -0.4 is 5.32 Å². The molecule has 2 aromatic rings. The van der Waals surface area contributed by atoms with Gasteiger partial charge in [0.1, 0.15) is 0 Å². The second-order valence-corrected chi connectivity index (χ2v) is 5.88.